The third-order valence-electron chi connectivity index (χ3n) is 7.93. The normalized spacial score (nSPS) is 15.5. The number of methoxy groups -OCH3 is 2. The molecule has 0 N–H and O–H groups in total. The molecule has 10 nitrogen and oxygen atoms in total. The largest absolute Gasteiger partial charge is 0.495 e. The Labute approximate surface area is 257 Å². The zero-order chi connectivity index (χ0) is 31.0. The van der Waals surface area contributed by atoms with Crippen LogP contribution in [0.2, 0.25) is 10.0 Å². The van der Waals surface area contributed by atoms with Crippen LogP contribution >= 0.6 is 23.2 Å². The molecule has 1 fully saturated rings. The van der Waals surface area contributed by atoms with Gasteiger partial charge in [0.1, 0.15) is 17.1 Å². The summed E-state index contributed by atoms with van der Waals surface area (Å²) in [5.74, 6) is 0.586. The first-order chi connectivity index (χ1) is 19.7. The van der Waals surface area contributed by atoms with Crippen molar-refractivity contribution in [3.63, 3.8) is 0 Å². The second kappa shape index (κ2) is 12.7. The summed E-state index contributed by atoms with van der Waals surface area (Å²) in [6.07, 6.45) is 4.49. The fraction of sp³-hybridized carbons (Fsp3) is 0.552. The highest BCUT2D eigenvalue weighted by molar-refractivity contribution is 7.90. The minimum Gasteiger partial charge on any atom is -0.495 e. The number of aromatic nitrogens is 3. The van der Waals surface area contributed by atoms with E-state index in [1.807, 2.05) is 0 Å². The van der Waals surface area contributed by atoms with Crippen molar-refractivity contribution < 1.29 is 17.9 Å². The maximum absolute atomic E-state index is 14.2. The molecule has 3 aromatic rings. The fourth-order valence-electron chi connectivity index (χ4n) is 5.56. The lowest BCUT2D eigenvalue weighted by molar-refractivity contribution is 0.0570. The van der Waals surface area contributed by atoms with Crippen LogP contribution in [0.4, 0.5) is 0 Å². The van der Waals surface area contributed by atoms with E-state index in [9.17, 15) is 13.2 Å². The maximum Gasteiger partial charge on any atom is 0.260 e. The van der Waals surface area contributed by atoms with Crippen molar-refractivity contribution in [1.82, 2.24) is 24.3 Å². The van der Waals surface area contributed by atoms with Crippen molar-refractivity contribution in [3.05, 3.63) is 38.7 Å². The van der Waals surface area contributed by atoms with Crippen molar-refractivity contribution in [2.45, 2.75) is 63.8 Å². The van der Waals surface area contributed by atoms with Gasteiger partial charge in [0.05, 0.1) is 29.8 Å². The van der Waals surface area contributed by atoms with Gasteiger partial charge in [-0.15, -0.1) is 0 Å². The number of rotatable bonds is 9. The molecule has 1 aliphatic rings. The van der Waals surface area contributed by atoms with Crippen molar-refractivity contribution in [2.24, 2.45) is 0 Å². The minimum absolute atomic E-state index is 0.122. The van der Waals surface area contributed by atoms with Gasteiger partial charge in [-0.05, 0) is 46.2 Å². The van der Waals surface area contributed by atoms with Gasteiger partial charge < -0.3 is 9.47 Å². The molecule has 0 spiro atoms. The monoisotopic (exact) mass is 639 g/mol. The predicted octanol–water partition coefficient (Wildman–Crippen LogP) is 4.77. The average molecular weight is 641 g/mol. The highest BCUT2D eigenvalue weighted by Gasteiger charge is 2.30. The van der Waals surface area contributed by atoms with E-state index < -0.39 is 15.4 Å². The van der Waals surface area contributed by atoms with E-state index in [0.717, 1.165) is 38.7 Å². The predicted molar refractivity (Wildman–Crippen MR) is 167 cm³/mol. The van der Waals surface area contributed by atoms with E-state index in [0.29, 0.717) is 29.5 Å². The number of likely N-dealkylation sites (tertiary alicyclic amines) is 1. The molecule has 3 heterocycles. The Hall–Kier alpha value is -2.44. The molecular weight excluding hydrogens is 601 g/mol. The number of likely N-dealkylation sites (N-methyl/N-ethyl adjacent to an activating group) is 1. The van der Waals surface area contributed by atoms with Crippen LogP contribution in [0.3, 0.4) is 0 Å². The van der Waals surface area contributed by atoms with Gasteiger partial charge in [0.15, 0.2) is 0 Å². The standard InChI is InChI=1S/C29H39Cl2N5O5S/c1-8-34(19-9-11-35(12-10-19)29(2,3)4)13-14-36-26-18(17-32-28(33-26)42(7,38)39)15-20(27(36)37)23-24(30)21(40-5)16-22(41-6)25(23)31/h15-17,19H,8-14H2,1-7H3. The topological polar surface area (TPSA) is 107 Å². The lowest BCUT2D eigenvalue weighted by atomic mass is 9.97. The van der Waals surface area contributed by atoms with Crippen LogP contribution in [-0.4, -0.2) is 91.0 Å². The molecule has 13 heteroatoms. The Bertz CT molecular complexity index is 1600. The first-order valence-corrected chi connectivity index (χ1v) is 16.6. The highest BCUT2D eigenvalue weighted by Crippen LogP contribution is 2.45. The second-order valence-corrected chi connectivity index (χ2v) is 14.2. The van der Waals surface area contributed by atoms with Crippen molar-refractivity contribution in [3.8, 4) is 22.6 Å². The van der Waals surface area contributed by atoms with E-state index in [1.165, 1.54) is 25.0 Å². The highest BCUT2D eigenvalue weighted by atomic mass is 35.5. The molecule has 1 aromatic carbocycles. The smallest absolute Gasteiger partial charge is 0.260 e. The molecule has 1 aliphatic heterocycles. The molecule has 0 aliphatic carbocycles. The Morgan fingerprint density at radius 1 is 1.07 bits per heavy atom. The molecular formula is C29H39Cl2N5O5S. The Balaban J connectivity index is 1.82. The van der Waals surface area contributed by atoms with Crippen LogP contribution in [0, 0.1) is 0 Å². The molecule has 2 aromatic heterocycles. The molecule has 0 radical (unpaired) electrons. The zero-order valence-electron chi connectivity index (χ0n) is 25.2. The molecule has 0 atom stereocenters. The summed E-state index contributed by atoms with van der Waals surface area (Å²) in [6.45, 7) is 12.5. The molecule has 230 valence electrons. The fourth-order valence-corrected chi connectivity index (χ4v) is 6.76. The second-order valence-electron chi connectivity index (χ2n) is 11.5. The number of ether oxygens (including phenoxy) is 2. The molecule has 0 saturated carbocycles. The summed E-state index contributed by atoms with van der Waals surface area (Å²) in [6, 6.07) is 3.50. The van der Waals surface area contributed by atoms with Crippen LogP contribution in [0.1, 0.15) is 40.5 Å². The molecule has 1 saturated heterocycles. The van der Waals surface area contributed by atoms with E-state index in [4.69, 9.17) is 32.7 Å². The van der Waals surface area contributed by atoms with E-state index in [1.54, 1.807) is 12.1 Å². The summed E-state index contributed by atoms with van der Waals surface area (Å²) in [5.41, 5.74) is 0.381. The average Bonchev–Trinajstić information content (AvgIpc) is 2.94. The quantitative estimate of drug-likeness (QED) is 0.306. The third kappa shape index (κ3) is 6.55. The molecule has 0 bridgehead atoms. The van der Waals surface area contributed by atoms with Gasteiger partial charge in [-0.2, -0.15) is 4.98 Å². The molecule has 4 rings (SSSR count). The molecule has 0 unspecified atom stereocenters. The first-order valence-electron chi connectivity index (χ1n) is 13.9. The number of nitrogens with zero attached hydrogens (tertiary/aromatic N) is 5. The van der Waals surface area contributed by atoms with Gasteiger partial charge in [-0.3, -0.25) is 19.2 Å². The van der Waals surface area contributed by atoms with Crippen LogP contribution < -0.4 is 15.0 Å². The number of piperidine rings is 1. The summed E-state index contributed by atoms with van der Waals surface area (Å²) in [4.78, 5) is 27.5. The lowest BCUT2D eigenvalue weighted by Gasteiger charge is -2.43. The zero-order valence-corrected chi connectivity index (χ0v) is 27.5. The van der Waals surface area contributed by atoms with E-state index >= 15 is 0 Å². The minimum atomic E-state index is -3.72. The number of hydrogen-bond acceptors (Lipinski definition) is 9. The van der Waals surface area contributed by atoms with Gasteiger partial charge in [-0.1, -0.05) is 30.1 Å². The molecule has 0 amide bonds. The van der Waals surface area contributed by atoms with Gasteiger partial charge in [0, 0.05) is 67.2 Å². The van der Waals surface area contributed by atoms with Gasteiger partial charge in [-0.25, -0.2) is 13.4 Å². The summed E-state index contributed by atoms with van der Waals surface area (Å²) in [5, 5.41) is 0.422. The third-order valence-corrected chi connectivity index (χ3v) is 9.54. The van der Waals surface area contributed by atoms with Crippen molar-refractivity contribution in [2.75, 3.05) is 46.7 Å². The lowest BCUT2D eigenvalue weighted by Crippen LogP contribution is -2.51. The van der Waals surface area contributed by atoms with Crippen LogP contribution in [0.5, 0.6) is 11.5 Å². The summed E-state index contributed by atoms with van der Waals surface area (Å²) in [7, 11) is -0.794. The first kappa shape index (κ1) is 32.5. The number of sulfone groups is 1. The number of hydrogen-bond donors (Lipinski definition) is 0. The Kier molecular flexibility index (Phi) is 9.79. The van der Waals surface area contributed by atoms with E-state index in [2.05, 4.69) is 47.5 Å². The number of benzene rings is 1. The van der Waals surface area contributed by atoms with Crippen LogP contribution in [0.25, 0.3) is 22.2 Å². The SMILES string of the molecule is CCN(CCn1c(=O)c(-c2c(Cl)c(OC)cc(OC)c2Cl)cc2cnc(S(C)(=O)=O)nc21)C1CCN(C(C)(C)C)CC1. The molecule has 42 heavy (non-hydrogen) atoms. The maximum atomic E-state index is 14.2. The van der Waals surface area contributed by atoms with Crippen LogP contribution in [0.15, 0.2) is 28.3 Å². The Morgan fingerprint density at radius 3 is 2.17 bits per heavy atom. The number of pyridine rings is 1. The van der Waals surface area contributed by atoms with E-state index in [-0.39, 0.29) is 44.1 Å². The van der Waals surface area contributed by atoms with Crippen LogP contribution in [-0.2, 0) is 16.4 Å². The summed E-state index contributed by atoms with van der Waals surface area (Å²) >= 11 is 13.4. The number of halogens is 2. The number of fused-ring (bicyclic) bond motifs is 1. The Morgan fingerprint density at radius 2 is 1.67 bits per heavy atom. The summed E-state index contributed by atoms with van der Waals surface area (Å²) < 4.78 is 37.0. The van der Waals surface area contributed by atoms with Gasteiger partial charge in [0.25, 0.3) is 5.56 Å². The van der Waals surface area contributed by atoms with Gasteiger partial charge in [0.2, 0.25) is 15.0 Å². The van der Waals surface area contributed by atoms with Gasteiger partial charge >= 0.3 is 0 Å². The van der Waals surface area contributed by atoms with Crippen molar-refractivity contribution in [1.29, 1.82) is 0 Å². The van der Waals surface area contributed by atoms with Crippen molar-refractivity contribution >= 4 is 44.1 Å².